The van der Waals surface area contributed by atoms with Gasteiger partial charge in [-0.05, 0) is 6.54 Å². The van der Waals surface area contributed by atoms with Crippen LogP contribution in [0.15, 0.2) is 0 Å². The van der Waals surface area contributed by atoms with Gasteiger partial charge in [0.25, 0.3) is 0 Å². The first-order chi connectivity index (χ1) is 5.70. The molecule has 1 fully saturated rings. The van der Waals surface area contributed by atoms with E-state index in [1.165, 1.54) is 0 Å². The lowest BCUT2D eigenvalue weighted by atomic mass is 9.89. The van der Waals surface area contributed by atoms with Crippen molar-refractivity contribution in [2.45, 2.75) is 18.2 Å². The Hall–Kier alpha value is -0.200. The summed E-state index contributed by atoms with van der Waals surface area (Å²) < 4.78 is 0. The summed E-state index contributed by atoms with van der Waals surface area (Å²) >= 11 is 0. The maximum absolute atomic E-state index is 9.46. The van der Waals surface area contributed by atoms with Gasteiger partial charge < -0.3 is 26.4 Å². The van der Waals surface area contributed by atoms with E-state index in [0.717, 1.165) is 0 Å². The second-order valence-corrected chi connectivity index (χ2v) is 3.17. The predicted octanol–water partition coefficient (Wildman–Crippen LogP) is -2.75. The van der Waals surface area contributed by atoms with Crippen molar-refractivity contribution >= 4 is 0 Å². The average Bonchev–Trinajstić information content (AvgIpc) is 2.10. The molecule has 0 saturated carbocycles. The van der Waals surface area contributed by atoms with Gasteiger partial charge in [-0.1, -0.05) is 0 Å². The van der Waals surface area contributed by atoms with Crippen LogP contribution in [0.25, 0.3) is 0 Å². The molecule has 0 radical (unpaired) electrons. The second kappa shape index (κ2) is 4.15. The number of aliphatic hydroxyl groups excluding tert-OH is 3. The fourth-order valence-electron chi connectivity index (χ4n) is 1.46. The van der Waals surface area contributed by atoms with Crippen LogP contribution in [0.5, 0.6) is 0 Å². The van der Waals surface area contributed by atoms with Crippen LogP contribution in [0.1, 0.15) is 0 Å². The van der Waals surface area contributed by atoms with E-state index in [1.54, 1.807) is 0 Å². The van der Waals surface area contributed by atoms with E-state index in [0.29, 0.717) is 13.1 Å². The number of piperidine rings is 1. The highest BCUT2D eigenvalue weighted by Gasteiger charge is 2.35. The number of rotatable bonds is 2. The van der Waals surface area contributed by atoms with Crippen molar-refractivity contribution in [1.29, 1.82) is 0 Å². The van der Waals surface area contributed by atoms with Crippen LogP contribution < -0.4 is 11.1 Å². The third kappa shape index (κ3) is 1.75. The van der Waals surface area contributed by atoms with E-state index >= 15 is 0 Å². The highest BCUT2D eigenvalue weighted by Crippen LogP contribution is 2.14. The summed E-state index contributed by atoms with van der Waals surface area (Å²) in [5, 5.41) is 30.6. The first-order valence-corrected chi connectivity index (χ1v) is 4.11. The SMILES string of the molecule is NC[C@H]1CN[C@H](CO)[C@@H](O)[C@@H]1O. The third-order valence-corrected chi connectivity index (χ3v) is 2.39. The smallest absolute Gasteiger partial charge is 0.0977 e. The highest BCUT2D eigenvalue weighted by molar-refractivity contribution is 4.91. The van der Waals surface area contributed by atoms with Gasteiger partial charge in [-0.2, -0.15) is 0 Å². The van der Waals surface area contributed by atoms with Gasteiger partial charge in [0.1, 0.15) is 0 Å². The molecule has 6 N–H and O–H groups in total. The van der Waals surface area contributed by atoms with E-state index in [-0.39, 0.29) is 12.5 Å². The number of nitrogens with one attached hydrogen (secondary N) is 1. The van der Waals surface area contributed by atoms with Crippen LogP contribution >= 0.6 is 0 Å². The number of aliphatic hydroxyl groups is 3. The molecule has 1 aliphatic rings. The zero-order chi connectivity index (χ0) is 9.14. The normalized spacial score (nSPS) is 43.0. The highest BCUT2D eigenvalue weighted by atomic mass is 16.3. The molecule has 5 nitrogen and oxygen atoms in total. The molecule has 0 aromatic carbocycles. The maximum Gasteiger partial charge on any atom is 0.0977 e. The molecule has 1 heterocycles. The monoisotopic (exact) mass is 176 g/mol. The van der Waals surface area contributed by atoms with Gasteiger partial charge in [0.2, 0.25) is 0 Å². The topological polar surface area (TPSA) is 98.7 Å². The Kier molecular flexibility index (Phi) is 3.42. The summed E-state index contributed by atoms with van der Waals surface area (Å²) in [4.78, 5) is 0. The molecule has 0 aromatic rings. The van der Waals surface area contributed by atoms with E-state index in [1.807, 2.05) is 0 Å². The Balaban J connectivity index is 2.52. The van der Waals surface area contributed by atoms with Crippen molar-refractivity contribution in [3.05, 3.63) is 0 Å². The molecule has 12 heavy (non-hydrogen) atoms. The van der Waals surface area contributed by atoms with Gasteiger partial charge in [-0.25, -0.2) is 0 Å². The van der Waals surface area contributed by atoms with Gasteiger partial charge in [0, 0.05) is 12.5 Å². The Morgan fingerprint density at radius 1 is 1.33 bits per heavy atom. The lowest BCUT2D eigenvalue weighted by Crippen LogP contribution is -2.59. The third-order valence-electron chi connectivity index (χ3n) is 2.39. The summed E-state index contributed by atoms with van der Waals surface area (Å²) in [6.45, 7) is 0.707. The summed E-state index contributed by atoms with van der Waals surface area (Å²) in [6.07, 6.45) is -1.74. The standard InChI is InChI=1S/C7H16N2O3/c8-1-4-2-9-5(3-10)7(12)6(4)11/h4-7,9-12H,1-3,8H2/t4-,5+,6+,7+/m0/s1. The van der Waals surface area contributed by atoms with Crippen LogP contribution in [0, 0.1) is 5.92 Å². The quantitative estimate of drug-likeness (QED) is 0.314. The maximum atomic E-state index is 9.46. The molecule has 0 amide bonds. The first-order valence-electron chi connectivity index (χ1n) is 4.11. The van der Waals surface area contributed by atoms with Crippen LogP contribution in [0.2, 0.25) is 0 Å². The molecule has 1 aliphatic heterocycles. The van der Waals surface area contributed by atoms with Gasteiger partial charge in [-0.3, -0.25) is 0 Å². The second-order valence-electron chi connectivity index (χ2n) is 3.17. The fraction of sp³-hybridized carbons (Fsp3) is 1.00. The van der Waals surface area contributed by atoms with Crippen molar-refractivity contribution in [1.82, 2.24) is 5.32 Å². The molecule has 5 heteroatoms. The molecule has 0 aromatic heterocycles. The Labute approximate surface area is 71.2 Å². The number of hydrogen-bond donors (Lipinski definition) is 5. The van der Waals surface area contributed by atoms with Crippen molar-refractivity contribution in [2.24, 2.45) is 11.7 Å². The molecule has 4 atom stereocenters. The molecule has 1 rings (SSSR count). The Bertz CT molecular complexity index is 129. The van der Waals surface area contributed by atoms with Gasteiger partial charge in [0.15, 0.2) is 0 Å². The average molecular weight is 176 g/mol. The number of hydrogen-bond acceptors (Lipinski definition) is 5. The molecular formula is C7H16N2O3. The van der Waals surface area contributed by atoms with Crippen molar-refractivity contribution in [3.63, 3.8) is 0 Å². The Morgan fingerprint density at radius 2 is 2.00 bits per heavy atom. The zero-order valence-corrected chi connectivity index (χ0v) is 6.85. The minimum Gasteiger partial charge on any atom is -0.395 e. The van der Waals surface area contributed by atoms with Gasteiger partial charge in [0.05, 0.1) is 24.9 Å². The van der Waals surface area contributed by atoms with Crippen molar-refractivity contribution < 1.29 is 15.3 Å². The zero-order valence-electron chi connectivity index (χ0n) is 6.85. The molecular weight excluding hydrogens is 160 g/mol. The molecule has 0 unspecified atom stereocenters. The van der Waals surface area contributed by atoms with E-state index in [4.69, 9.17) is 10.8 Å². The minimum atomic E-state index is -0.919. The van der Waals surface area contributed by atoms with E-state index < -0.39 is 18.2 Å². The fourth-order valence-corrected chi connectivity index (χ4v) is 1.46. The van der Waals surface area contributed by atoms with Crippen LogP contribution in [0.4, 0.5) is 0 Å². The summed E-state index contributed by atoms with van der Waals surface area (Å²) in [5.74, 6) is -0.122. The minimum absolute atomic E-state index is 0.122. The van der Waals surface area contributed by atoms with Crippen LogP contribution in [-0.2, 0) is 0 Å². The number of nitrogens with two attached hydrogens (primary N) is 1. The molecule has 0 spiro atoms. The summed E-state index contributed by atoms with van der Waals surface area (Å²) in [6, 6.07) is -0.428. The van der Waals surface area contributed by atoms with Crippen LogP contribution in [0.3, 0.4) is 0 Å². The van der Waals surface area contributed by atoms with Gasteiger partial charge in [-0.15, -0.1) is 0 Å². The summed E-state index contributed by atoms with van der Waals surface area (Å²) in [5.41, 5.74) is 5.37. The van der Waals surface area contributed by atoms with Gasteiger partial charge >= 0.3 is 0 Å². The predicted molar refractivity (Wildman–Crippen MR) is 43.4 cm³/mol. The lowest BCUT2D eigenvalue weighted by Gasteiger charge is -2.37. The summed E-state index contributed by atoms with van der Waals surface area (Å²) in [7, 11) is 0. The van der Waals surface area contributed by atoms with Crippen molar-refractivity contribution in [2.75, 3.05) is 19.7 Å². The van der Waals surface area contributed by atoms with E-state index in [9.17, 15) is 10.2 Å². The molecule has 72 valence electrons. The van der Waals surface area contributed by atoms with Crippen molar-refractivity contribution in [3.8, 4) is 0 Å². The van der Waals surface area contributed by atoms with Crippen LogP contribution in [-0.4, -0.2) is 53.3 Å². The Morgan fingerprint density at radius 3 is 2.50 bits per heavy atom. The largest absolute Gasteiger partial charge is 0.395 e. The first kappa shape index (κ1) is 9.88. The van der Waals surface area contributed by atoms with E-state index in [2.05, 4.69) is 5.32 Å². The molecule has 0 aliphatic carbocycles. The lowest BCUT2D eigenvalue weighted by molar-refractivity contribution is -0.0660. The molecule has 1 saturated heterocycles. The molecule has 0 bridgehead atoms.